The van der Waals surface area contributed by atoms with Gasteiger partial charge >= 0.3 is 5.97 Å². The van der Waals surface area contributed by atoms with Crippen molar-refractivity contribution in [2.75, 3.05) is 0 Å². The van der Waals surface area contributed by atoms with Crippen molar-refractivity contribution >= 4 is 5.97 Å². The van der Waals surface area contributed by atoms with Crippen LogP contribution in [0.1, 0.15) is 59.9 Å². The Morgan fingerprint density at radius 2 is 1.52 bits per heavy atom. The zero-order chi connectivity index (χ0) is 16.4. The lowest BCUT2D eigenvalue weighted by atomic mass is 9.71. The first-order valence-corrected chi connectivity index (χ1v) is 7.47. The smallest absolute Gasteiger partial charge is 0.312 e. The molecule has 0 aromatic heterocycles. The molecule has 21 heavy (non-hydrogen) atoms. The number of hydrogen-bond donors (Lipinski definition) is 1. The predicted octanol–water partition coefficient (Wildman–Crippen LogP) is 4.50. The monoisotopic (exact) mass is 292 g/mol. The molecule has 1 aromatic carbocycles. The molecule has 0 aliphatic rings. The van der Waals surface area contributed by atoms with Gasteiger partial charge in [-0.15, -0.1) is 0 Å². The Labute approximate surface area is 128 Å². The van der Waals surface area contributed by atoms with Gasteiger partial charge in [-0.2, -0.15) is 0 Å². The van der Waals surface area contributed by atoms with Gasteiger partial charge in [0.2, 0.25) is 0 Å². The topological polar surface area (TPSA) is 46.5 Å². The highest BCUT2D eigenvalue weighted by Gasteiger charge is 2.40. The third-order valence-electron chi connectivity index (χ3n) is 4.23. The molecule has 1 rings (SSSR count). The summed E-state index contributed by atoms with van der Waals surface area (Å²) < 4.78 is 5.55. The number of esters is 1. The lowest BCUT2D eigenvalue weighted by Crippen LogP contribution is -2.39. The van der Waals surface area contributed by atoms with Crippen molar-refractivity contribution in [3.8, 4) is 5.75 Å². The zero-order valence-corrected chi connectivity index (χ0v) is 14.2. The standard InChI is InChI=1S/C18H28O3/c1-12(14-8-10-15(19)11-9-14)13(2)18(6,7)16(20)21-17(3,4)5/h8-13,19H,1-7H3. The molecular formula is C18H28O3. The van der Waals surface area contributed by atoms with E-state index in [0.29, 0.717) is 0 Å². The lowest BCUT2D eigenvalue weighted by Gasteiger charge is -2.36. The molecular weight excluding hydrogens is 264 g/mol. The van der Waals surface area contributed by atoms with Crippen LogP contribution in [0.4, 0.5) is 0 Å². The number of aromatic hydroxyl groups is 1. The third kappa shape index (κ3) is 4.48. The molecule has 0 bridgehead atoms. The zero-order valence-electron chi connectivity index (χ0n) is 14.2. The number of phenols is 1. The second kappa shape index (κ2) is 6.08. The van der Waals surface area contributed by atoms with Crippen molar-refractivity contribution in [1.82, 2.24) is 0 Å². The molecule has 0 heterocycles. The summed E-state index contributed by atoms with van der Waals surface area (Å²) in [6.07, 6.45) is 0. The summed E-state index contributed by atoms with van der Waals surface area (Å²) in [5.74, 6) is 0.378. The summed E-state index contributed by atoms with van der Waals surface area (Å²) in [7, 11) is 0. The van der Waals surface area contributed by atoms with Crippen LogP contribution < -0.4 is 0 Å². The van der Waals surface area contributed by atoms with Gasteiger partial charge in [0.25, 0.3) is 0 Å². The predicted molar refractivity (Wildman–Crippen MR) is 85.3 cm³/mol. The highest BCUT2D eigenvalue weighted by Crippen LogP contribution is 2.39. The molecule has 0 spiro atoms. The van der Waals surface area contributed by atoms with E-state index in [2.05, 4.69) is 13.8 Å². The van der Waals surface area contributed by atoms with Crippen LogP contribution in [0.25, 0.3) is 0 Å². The molecule has 0 aliphatic carbocycles. The second-order valence-electron chi connectivity index (χ2n) is 7.39. The molecule has 0 radical (unpaired) electrons. The van der Waals surface area contributed by atoms with Crippen LogP contribution >= 0.6 is 0 Å². The van der Waals surface area contributed by atoms with E-state index in [0.717, 1.165) is 5.56 Å². The van der Waals surface area contributed by atoms with Gasteiger partial charge in [0.05, 0.1) is 5.41 Å². The average molecular weight is 292 g/mol. The van der Waals surface area contributed by atoms with Gasteiger partial charge in [0, 0.05) is 0 Å². The Morgan fingerprint density at radius 3 is 1.95 bits per heavy atom. The van der Waals surface area contributed by atoms with Crippen LogP contribution in [-0.4, -0.2) is 16.7 Å². The highest BCUT2D eigenvalue weighted by atomic mass is 16.6. The Hall–Kier alpha value is -1.51. The number of phenolic OH excluding ortho intramolecular Hbond substituents is 1. The molecule has 0 saturated carbocycles. The fraction of sp³-hybridized carbons (Fsp3) is 0.611. The molecule has 2 atom stereocenters. The minimum atomic E-state index is -0.579. The number of ether oxygens (including phenoxy) is 1. The Balaban J connectivity index is 2.91. The van der Waals surface area contributed by atoms with E-state index in [1.807, 2.05) is 46.8 Å². The summed E-state index contributed by atoms with van der Waals surface area (Å²) in [5, 5.41) is 9.38. The van der Waals surface area contributed by atoms with Crippen molar-refractivity contribution in [2.45, 2.75) is 60.0 Å². The normalized spacial score (nSPS) is 15.4. The average Bonchev–Trinajstić information content (AvgIpc) is 2.35. The molecule has 1 aromatic rings. The molecule has 0 fully saturated rings. The fourth-order valence-corrected chi connectivity index (χ4v) is 2.29. The van der Waals surface area contributed by atoms with Crippen molar-refractivity contribution in [1.29, 1.82) is 0 Å². The van der Waals surface area contributed by atoms with Crippen molar-refractivity contribution in [3.05, 3.63) is 29.8 Å². The quantitative estimate of drug-likeness (QED) is 0.831. The van der Waals surface area contributed by atoms with E-state index in [1.54, 1.807) is 12.1 Å². The van der Waals surface area contributed by atoms with Crippen LogP contribution in [0, 0.1) is 11.3 Å². The minimum Gasteiger partial charge on any atom is -0.508 e. The Bertz CT molecular complexity index is 480. The van der Waals surface area contributed by atoms with E-state index in [-0.39, 0.29) is 23.6 Å². The maximum absolute atomic E-state index is 12.4. The molecule has 1 N–H and O–H groups in total. The summed E-state index contributed by atoms with van der Waals surface area (Å²) >= 11 is 0. The van der Waals surface area contributed by atoms with Crippen molar-refractivity contribution in [3.63, 3.8) is 0 Å². The van der Waals surface area contributed by atoms with E-state index < -0.39 is 11.0 Å². The number of hydrogen-bond acceptors (Lipinski definition) is 3. The summed E-state index contributed by atoms with van der Waals surface area (Å²) in [6.45, 7) is 13.7. The number of carbonyl (C=O) groups excluding carboxylic acids is 1. The molecule has 2 unspecified atom stereocenters. The Morgan fingerprint density at radius 1 is 1.05 bits per heavy atom. The number of benzene rings is 1. The van der Waals surface area contributed by atoms with Gasteiger partial charge in [-0.25, -0.2) is 0 Å². The molecule has 0 amide bonds. The van der Waals surface area contributed by atoms with Crippen LogP contribution in [0.2, 0.25) is 0 Å². The summed E-state index contributed by atoms with van der Waals surface area (Å²) in [4.78, 5) is 12.4. The molecule has 3 nitrogen and oxygen atoms in total. The van der Waals surface area contributed by atoms with Crippen LogP contribution in [0.15, 0.2) is 24.3 Å². The Kier molecular flexibility index (Phi) is 5.08. The third-order valence-corrected chi connectivity index (χ3v) is 4.23. The van der Waals surface area contributed by atoms with Gasteiger partial charge in [0.1, 0.15) is 11.4 Å². The van der Waals surface area contributed by atoms with Crippen LogP contribution in [0.3, 0.4) is 0 Å². The first kappa shape index (κ1) is 17.5. The van der Waals surface area contributed by atoms with Gasteiger partial charge in [-0.3, -0.25) is 4.79 Å². The highest BCUT2D eigenvalue weighted by molar-refractivity contribution is 5.76. The van der Waals surface area contributed by atoms with Crippen molar-refractivity contribution in [2.24, 2.45) is 11.3 Å². The van der Waals surface area contributed by atoms with Crippen LogP contribution in [0.5, 0.6) is 5.75 Å². The van der Waals surface area contributed by atoms with E-state index >= 15 is 0 Å². The first-order chi connectivity index (χ1) is 9.45. The number of carbonyl (C=O) groups is 1. The maximum Gasteiger partial charge on any atom is 0.312 e. The van der Waals surface area contributed by atoms with Gasteiger partial charge in [-0.05, 0) is 64.2 Å². The summed E-state index contributed by atoms with van der Waals surface area (Å²) in [6, 6.07) is 7.17. The molecule has 0 saturated heterocycles. The van der Waals surface area contributed by atoms with Crippen molar-refractivity contribution < 1.29 is 14.6 Å². The van der Waals surface area contributed by atoms with Gasteiger partial charge < -0.3 is 9.84 Å². The lowest BCUT2D eigenvalue weighted by molar-refractivity contribution is -0.169. The fourth-order valence-electron chi connectivity index (χ4n) is 2.29. The first-order valence-electron chi connectivity index (χ1n) is 7.47. The summed E-state index contributed by atoms with van der Waals surface area (Å²) in [5.41, 5.74) is 0.0531. The number of rotatable bonds is 4. The molecule has 0 aliphatic heterocycles. The largest absolute Gasteiger partial charge is 0.508 e. The van der Waals surface area contributed by atoms with E-state index in [1.165, 1.54) is 0 Å². The SMILES string of the molecule is CC(c1ccc(O)cc1)C(C)C(C)(C)C(=O)OC(C)(C)C. The van der Waals surface area contributed by atoms with E-state index in [9.17, 15) is 9.90 Å². The van der Waals surface area contributed by atoms with Gasteiger partial charge in [-0.1, -0.05) is 26.0 Å². The maximum atomic E-state index is 12.4. The second-order valence-corrected chi connectivity index (χ2v) is 7.39. The van der Waals surface area contributed by atoms with E-state index in [4.69, 9.17) is 4.74 Å². The molecule has 118 valence electrons. The van der Waals surface area contributed by atoms with Gasteiger partial charge in [0.15, 0.2) is 0 Å². The molecule has 3 heteroatoms. The van der Waals surface area contributed by atoms with Crippen LogP contribution in [-0.2, 0) is 9.53 Å². The minimum absolute atomic E-state index is 0.108.